The van der Waals surface area contributed by atoms with Gasteiger partial charge in [-0.15, -0.1) is 0 Å². The molecule has 0 bridgehead atoms. The van der Waals surface area contributed by atoms with Gasteiger partial charge in [-0.05, 0) is 37.1 Å². The topological polar surface area (TPSA) is 55.6 Å². The summed E-state index contributed by atoms with van der Waals surface area (Å²) in [4.78, 5) is 19.9. The third kappa shape index (κ3) is 2.97. The minimum atomic E-state index is -0.0213. The van der Waals surface area contributed by atoms with Gasteiger partial charge < -0.3 is 14.1 Å². The Hall–Kier alpha value is -2.37. The summed E-state index contributed by atoms with van der Waals surface area (Å²) < 4.78 is 10.8. The lowest BCUT2D eigenvalue weighted by Crippen LogP contribution is -2.38. The molecule has 2 aromatic heterocycles. The molecule has 3 aromatic rings. The minimum absolute atomic E-state index is 0.0213. The summed E-state index contributed by atoms with van der Waals surface area (Å²) >= 11 is 6.37. The Labute approximate surface area is 156 Å². The highest BCUT2D eigenvalue weighted by atomic mass is 35.5. The van der Waals surface area contributed by atoms with Crippen molar-refractivity contribution in [3.8, 4) is 11.5 Å². The number of nitrogens with zero attached hydrogens (tertiary/aromatic N) is 2. The van der Waals surface area contributed by atoms with Gasteiger partial charge in [-0.3, -0.25) is 4.79 Å². The van der Waals surface area contributed by atoms with Gasteiger partial charge in [0.1, 0.15) is 5.69 Å². The number of rotatable bonds is 4. The van der Waals surface area contributed by atoms with Crippen LogP contribution >= 0.6 is 11.6 Å². The largest absolute Gasteiger partial charge is 0.463 e. The number of hydrogen-bond donors (Lipinski definition) is 0. The number of carbonyl (C=O) groups excluding carboxylic acids is 1. The standard InChI is InChI=1S/C20H19ClN2O3/c1-25-12-13-5-3-9-23(13)20(24)15-11-17(18-8-4-10-26-18)22-19-14(15)6-2-7-16(19)21/h2,4,6-8,10-11,13H,3,5,9,12H2,1H3/t13-/m1/s1. The van der Waals surface area contributed by atoms with Crippen LogP contribution in [0.2, 0.25) is 5.02 Å². The fourth-order valence-corrected chi connectivity index (χ4v) is 3.78. The van der Waals surface area contributed by atoms with Crippen LogP contribution in [0.4, 0.5) is 0 Å². The predicted octanol–water partition coefficient (Wildman–Crippen LogP) is 4.40. The maximum Gasteiger partial charge on any atom is 0.254 e. The second-order valence-corrected chi connectivity index (χ2v) is 6.83. The first kappa shape index (κ1) is 17.1. The van der Waals surface area contributed by atoms with Crippen molar-refractivity contribution in [3.05, 3.63) is 53.2 Å². The van der Waals surface area contributed by atoms with E-state index in [2.05, 4.69) is 4.98 Å². The van der Waals surface area contributed by atoms with Crippen molar-refractivity contribution in [3.63, 3.8) is 0 Å². The lowest BCUT2D eigenvalue weighted by atomic mass is 10.0. The van der Waals surface area contributed by atoms with Gasteiger partial charge >= 0.3 is 0 Å². The molecule has 1 fully saturated rings. The highest BCUT2D eigenvalue weighted by molar-refractivity contribution is 6.35. The number of amides is 1. The first-order valence-corrected chi connectivity index (χ1v) is 9.00. The quantitative estimate of drug-likeness (QED) is 0.683. The van der Waals surface area contributed by atoms with Crippen LogP contribution in [0.25, 0.3) is 22.4 Å². The zero-order valence-electron chi connectivity index (χ0n) is 14.4. The van der Waals surface area contributed by atoms with Crippen molar-refractivity contribution in [1.82, 2.24) is 9.88 Å². The maximum atomic E-state index is 13.3. The average molecular weight is 371 g/mol. The van der Waals surface area contributed by atoms with Gasteiger partial charge in [-0.2, -0.15) is 0 Å². The van der Waals surface area contributed by atoms with Crippen molar-refractivity contribution in [2.24, 2.45) is 0 Å². The van der Waals surface area contributed by atoms with Crippen molar-refractivity contribution in [1.29, 1.82) is 0 Å². The molecule has 26 heavy (non-hydrogen) atoms. The van der Waals surface area contributed by atoms with Crippen LogP contribution in [0.5, 0.6) is 0 Å². The normalized spacial score (nSPS) is 17.2. The van der Waals surface area contributed by atoms with Gasteiger partial charge in [0.15, 0.2) is 5.76 Å². The number of pyridine rings is 1. The number of likely N-dealkylation sites (tertiary alicyclic amines) is 1. The number of hydrogen-bond acceptors (Lipinski definition) is 4. The van der Waals surface area contributed by atoms with Gasteiger partial charge in [-0.1, -0.05) is 23.7 Å². The Balaban J connectivity index is 1.85. The molecule has 1 aliphatic rings. The molecule has 134 valence electrons. The zero-order chi connectivity index (χ0) is 18.1. The summed E-state index contributed by atoms with van der Waals surface area (Å²) in [5.41, 5.74) is 1.79. The van der Waals surface area contributed by atoms with E-state index < -0.39 is 0 Å². The molecule has 0 spiro atoms. The molecule has 4 rings (SSSR count). The molecule has 5 nitrogen and oxygen atoms in total. The monoisotopic (exact) mass is 370 g/mol. The Bertz CT molecular complexity index is 940. The van der Waals surface area contributed by atoms with E-state index in [9.17, 15) is 4.79 Å². The van der Waals surface area contributed by atoms with E-state index in [-0.39, 0.29) is 11.9 Å². The molecule has 6 heteroatoms. The van der Waals surface area contributed by atoms with Crippen molar-refractivity contribution >= 4 is 28.4 Å². The highest BCUT2D eigenvalue weighted by Crippen LogP contribution is 2.31. The number of carbonyl (C=O) groups is 1. The van der Waals surface area contributed by atoms with E-state index in [4.69, 9.17) is 20.8 Å². The summed E-state index contributed by atoms with van der Waals surface area (Å²) in [6.07, 6.45) is 3.52. The van der Waals surface area contributed by atoms with Crippen molar-refractivity contribution in [2.45, 2.75) is 18.9 Å². The second kappa shape index (κ2) is 7.09. The Kier molecular flexibility index (Phi) is 4.66. The Morgan fingerprint density at radius 3 is 3.04 bits per heavy atom. The van der Waals surface area contributed by atoms with Gasteiger partial charge in [-0.25, -0.2) is 4.98 Å². The number of benzene rings is 1. The summed E-state index contributed by atoms with van der Waals surface area (Å²) in [6.45, 7) is 1.27. The molecule has 1 aromatic carbocycles. The van der Waals surface area contributed by atoms with E-state index in [1.807, 2.05) is 23.1 Å². The molecule has 0 aliphatic carbocycles. The number of aromatic nitrogens is 1. The number of halogens is 1. The number of fused-ring (bicyclic) bond motifs is 1. The van der Waals surface area contributed by atoms with Crippen LogP contribution in [-0.4, -0.2) is 42.1 Å². The van der Waals surface area contributed by atoms with Gasteiger partial charge in [0.05, 0.1) is 35.0 Å². The number of methoxy groups -OCH3 is 1. The lowest BCUT2D eigenvalue weighted by molar-refractivity contribution is 0.0632. The fraction of sp³-hybridized carbons (Fsp3) is 0.300. The van der Waals surface area contributed by atoms with E-state index in [0.717, 1.165) is 24.8 Å². The van der Waals surface area contributed by atoms with Crippen molar-refractivity contribution in [2.75, 3.05) is 20.3 Å². The minimum Gasteiger partial charge on any atom is -0.463 e. The number of para-hydroxylation sites is 1. The smallest absolute Gasteiger partial charge is 0.254 e. The third-order valence-corrected chi connectivity index (χ3v) is 5.10. The molecule has 1 saturated heterocycles. The Morgan fingerprint density at radius 1 is 1.38 bits per heavy atom. The van der Waals surface area contributed by atoms with E-state index in [1.54, 1.807) is 31.6 Å². The molecular weight excluding hydrogens is 352 g/mol. The first-order chi connectivity index (χ1) is 12.7. The number of furan rings is 1. The lowest BCUT2D eigenvalue weighted by Gasteiger charge is -2.25. The molecular formula is C20H19ClN2O3. The van der Waals surface area contributed by atoms with Crippen LogP contribution in [-0.2, 0) is 4.74 Å². The summed E-state index contributed by atoms with van der Waals surface area (Å²) in [5, 5.41) is 1.26. The molecule has 1 aliphatic heterocycles. The summed E-state index contributed by atoms with van der Waals surface area (Å²) in [5.74, 6) is 0.586. The van der Waals surface area contributed by atoms with Crippen LogP contribution in [0.3, 0.4) is 0 Å². The number of ether oxygens (including phenoxy) is 1. The maximum absolute atomic E-state index is 13.3. The van der Waals surface area contributed by atoms with Crippen LogP contribution < -0.4 is 0 Å². The van der Waals surface area contributed by atoms with E-state index in [1.165, 1.54) is 0 Å². The highest BCUT2D eigenvalue weighted by Gasteiger charge is 2.30. The summed E-state index contributed by atoms with van der Waals surface area (Å²) in [7, 11) is 1.66. The molecule has 0 saturated carbocycles. The third-order valence-electron chi connectivity index (χ3n) is 4.79. The van der Waals surface area contributed by atoms with Gasteiger partial charge in [0.2, 0.25) is 0 Å². The molecule has 0 unspecified atom stereocenters. The molecule has 0 N–H and O–H groups in total. The Morgan fingerprint density at radius 2 is 2.27 bits per heavy atom. The van der Waals surface area contributed by atoms with E-state index in [0.29, 0.717) is 34.2 Å². The second-order valence-electron chi connectivity index (χ2n) is 6.42. The van der Waals surface area contributed by atoms with Crippen LogP contribution in [0, 0.1) is 0 Å². The fourth-order valence-electron chi connectivity index (χ4n) is 3.56. The zero-order valence-corrected chi connectivity index (χ0v) is 15.2. The van der Waals surface area contributed by atoms with E-state index >= 15 is 0 Å². The van der Waals surface area contributed by atoms with Gasteiger partial charge in [0, 0.05) is 19.0 Å². The summed E-state index contributed by atoms with van der Waals surface area (Å²) in [6, 6.07) is 11.0. The van der Waals surface area contributed by atoms with Crippen LogP contribution in [0.1, 0.15) is 23.2 Å². The van der Waals surface area contributed by atoms with Crippen molar-refractivity contribution < 1.29 is 13.9 Å². The molecule has 1 atom stereocenters. The molecule has 0 radical (unpaired) electrons. The average Bonchev–Trinajstić information content (AvgIpc) is 3.33. The SMILES string of the molecule is COC[C@H]1CCCN1C(=O)c1cc(-c2ccco2)nc2c(Cl)cccc12. The van der Waals surface area contributed by atoms with Gasteiger partial charge in [0.25, 0.3) is 5.91 Å². The first-order valence-electron chi connectivity index (χ1n) is 8.62. The van der Waals surface area contributed by atoms with Crippen LogP contribution in [0.15, 0.2) is 47.1 Å². The molecule has 1 amide bonds. The predicted molar refractivity (Wildman–Crippen MR) is 100 cm³/mol. The molecule has 3 heterocycles.